The van der Waals surface area contributed by atoms with E-state index in [2.05, 4.69) is 0 Å². The molecule has 30 heavy (non-hydrogen) atoms. The lowest BCUT2D eigenvalue weighted by Gasteiger charge is -2.28. The Labute approximate surface area is 179 Å². The van der Waals surface area contributed by atoms with E-state index in [0.717, 1.165) is 11.1 Å². The van der Waals surface area contributed by atoms with Gasteiger partial charge in [-0.3, -0.25) is 14.2 Å². The highest BCUT2D eigenvalue weighted by Crippen LogP contribution is 2.55. The van der Waals surface area contributed by atoms with Gasteiger partial charge < -0.3 is 9.05 Å². The Bertz CT molecular complexity index is 790. The summed E-state index contributed by atoms with van der Waals surface area (Å²) >= 11 is 0. The molecule has 0 aromatic heterocycles. The second kappa shape index (κ2) is 12.7. The molecule has 164 valence electrons. The van der Waals surface area contributed by atoms with Crippen molar-refractivity contribution in [3.63, 3.8) is 0 Å². The minimum Gasteiger partial charge on any atom is -0.309 e. The molecule has 7 heteroatoms. The summed E-state index contributed by atoms with van der Waals surface area (Å²) in [4.78, 5) is 17.8. The molecule has 0 fully saturated rings. The average molecular weight is 433 g/mol. The lowest BCUT2D eigenvalue weighted by Crippen LogP contribution is -2.32. The van der Waals surface area contributed by atoms with Gasteiger partial charge in [-0.2, -0.15) is 0 Å². The van der Waals surface area contributed by atoms with Crippen LogP contribution in [-0.4, -0.2) is 36.4 Å². The van der Waals surface area contributed by atoms with Crippen LogP contribution in [0.4, 0.5) is 0 Å². The molecule has 2 rings (SSSR count). The van der Waals surface area contributed by atoms with Gasteiger partial charge >= 0.3 is 7.60 Å². The number of carbonyl (C=O) groups excluding carboxylic acids is 1. The molecular formula is C23H32NO5P. The second-order valence-electron chi connectivity index (χ2n) is 6.89. The predicted molar refractivity (Wildman–Crippen MR) is 118 cm³/mol. The zero-order chi connectivity index (χ0) is 21.8. The molecule has 2 aromatic rings. The first-order chi connectivity index (χ1) is 14.5. The van der Waals surface area contributed by atoms with E-state index in [9.17, 15) is 9.36 Å². The molecule has 0 heterocycles. The third kappa shape index (κ3) is 7.69. The van der Waals surface area contributed by atoms with Gasteiger partial charge in [-0.15, -0.1) is 0 Å². The number of hydroxylamine groups is 2. The van der Waals surface area contributed by atoms with Crippen LogP contribution in [0, 0.1) is 0 Å². The monoisotopic (exact) mass is 433 g/mol. The summed E-state index contributed by atoms with van der Waals surface area (Å²) in [7, 11) is -3.35. The number of rotatable bonds is 13. The molecule has 0 radical (unpaired) electrons. The molecule has 0 N–H and O–H groups in total. The van der Waals surface area contributed by atoms with Crippen molar-refractivity contribution in [2.24, 2.45) is 0 Å². The van der Waals surface area contributed by atoms with Crippen molar-refractivity contribution >= 4 is 13.5 Å². The molecule has 0 aliphatic heterocycles. The smallest absolute Gasteiger partial charge is 0.309 e. The third-order valence-corrected chi connectivity index (χ3v) is 7.20. The zero-order valence-electron chi connectivity index (χ0n) is 18.0. The Morgan fingerprint density at radius 2 is 1.47 bits per heavy atom. The van der Waals surface area contributed by atoms with E-state index in [-0.39, 0.29) is 11.6 Å². The quantitative estimate of drug-likeness (QED) is 0.320. The van der Waals surface area contributed by atoms with Crippen molar-refractivity contribution in [3.05, 3.63) is 71.8 Å². The maximum atomic E-state index is 13.5. The van der Waals surface area contributed by atoms with Gasteiger partial charge in [-0.1, -0.05) is 60.7 Å². The van der Waals surface area contributed by atoms with E-state index < -0.39 is 7.60 Å². The number of hydrogen-bond acceptors (Lipinski definition) is 5. The summed E-state index contributed by atoms with van der Waals surface area (Å²) in [6.45, 7) is 6.24. The van der Waals surface area contributed by atoms with E-state index in [0.29, 0.717) is 39.2 Å². The van der Waals surface area contributed by atoms with E-state index in [1.807, 2.05) is 60.7 Å². The van der Waals surface area contributed by atoms with Crippen LogP contribution in [-0.2, 0) is 36.3 Å². The van der Waals surface area contributed by atoms with Gasteiger partial charge in [-0.25, -0.2) is 5.06 Å². The molecular weight excluding hydrogens is 401 g/mol. The first kappa shape index (κ1) is 24.3. The van der Waals surface area contributed by atoms with Crippen LogP contribution in [0.15, 0.2) is 60.7 Å². The maximum absolute atomic E-state index is 13.5. The molecule has 6 nitrogen and oxygen atoms in total. The largest absolute Gasteiger partial charge is 0.334 e. The first-order valence-electron chi connectivity index (χ1n) is 10.4. The zero-order valence-corrected chi connectivity index (χ0v) is 18.9. The van der Waals surface area contributed by atoms with Crippen molar-refractivity contribution in [2.75, 3.05) is 19.8 Å². The van der Waals surface area contributed by atoms with Crippen molar-refractivity contribution in [2.45, 2.75) is 45.9 Å². The summed E-state index contributed by atoms with van der Waals surface area (Å²) in [6.07, 6.45) is 0.961. The Morgan fingerprint density at radius 3 is 1.97 bits per heavy atom. The highest BCUT2D eigenvalue weighted by molar-refractivity contribution is 7.54. The van der Waals surface area contributed by atoms with Crippen LogP contribution < -0.4 is 0 Å². The Hall–Kier alpha value is -1.98. The van der Waals surface area contributed by atoms with E-state index in [4.69, 9.17) is 13.9 Å². The maximum Gasteiger partial charge on any atom is 0.334 e. The van der Waals surface area contributed by atoms with Crippen LogP contribution in [0.3, 0.4) is 0 Å². The SMILES string of the molecule is CCOP(=O)(OCC)C(CCN(OCc1ccccc1)C(C)=O)Cc1ccccc1. The highest BCUT2D eigenvalue weighted by atomic mass is 31.2. The van der Waals surface area contributed by atoms with Crippen LogP contribution >= 0.6 is 7.60 Å². The van der Waals surface area contributed by atoms with Crippen molar-refractivity contribution in [1.29, 1.82) is 0 Å². The fourth-order valence-corrected chi connectivity index (χ4v) is 5.25. The average Bonchev–Trinajstić information content (AvgIpc) is 2.74. The van der Waals surface area contributed by atoms with Gasteiger partial charge in [0, 0.05) is 13.5 Å². The van der Waals surface area contributed by atoms with Gasteiger partial charge in [0.1, 0.15) is 6.61 Å². The van der Waals surface area contributed by atoms with Crippen molar-refractivity contribution in [3.8, 4) is 0 Å². The minimum absolute atomic E-state index is 0.202. The number of nitrogens with zero attached hydrogens (tertiary/aromatic N) is 1. The number of amides is 1. The third-order valence-electron chi connectivity index (χ3n) is 4.63. The van der Waals surface area contributed by atoms with Gasteiger partial charge in [0.25, 0.3) is 0 Å². The van der Waals surface area contributed by atoms with Gasteiger partial charge in [0.05, 0.1) is 18.9 Å². The molecule has 0 saturated carbocycles. The lowest BCUT2D eigenvalue weighted by molar-refractivity contribution is -0.189. The summed E-state index contributed by atoms with van der Waals surface area (Å²) in [5, 5.41) is 1.33. The van der Waals surface area contributed by atoms with E-state index in [1.165, 1.54) is 12.0 Å². The molecule has 1 amide bonds. The second-order valence-corrected chi connectivity index (χ2v) is 9.21. The number of carbonyl (C=O) groups is 1. The number of hydrogen-bond donors (Lipinski definition) is 0. The van der Waals surface area contributed by atoms with Gasteiger partial charge in [-0.05, 0) is 37.8 Å². The normalized spacial score (nSPS) is 12.5. The first-order valence-corrected chi connectivity index (χ1v) is 12.0. The molecule has 1 atom stereocenters. The summed E-state index contributed by atoms with van der Waals surface area (Å²) in [5.41, 5.74) is 1.63. The van der Waals surface area contributed by atoms with Gasteiger partial charge in [0.15, 0.2) is 0 Å². The van der Waals surface area contributed by atoms with Gasteiger partial charge in [0.2, 0.25) is 5.91 Å². The molecule has 0 spiro atoms. The van der Waals surface area contributed by atoms with Crippen molar-refractivity contribution in [1.82, 2.24) is 5.06 Å². The summed E-state index contributed by atoms with van der Waals surface area (Å²) in [6, 6.07) is 19.5. The summed E-state index contributed by atoms with van der Waals surface area (Å²) < 4.78 is 24.7. The molecule has 2 aromatic carbocycles. The standard InChI is InChI=1S/C23H32NO5P/c1-4-28-30(26,29-5-2)23(18-21-12-8-6-9-13-21)16-17-24(20(3)25)27-19-22-14-10-7-11-15-22/h6-15,23H,4-5,16-19H2,1-3H3. The lowest BCUT2D eigenvalue weighted by atomic mass is 10.1. The molecule has 0 aliphatic carbocycles. The van der Waals surface area contributed by atoms with Crippen LogP contribution in [0.1, 0.15) is 38.3 Å². The minimum atomic E-state index is -3.35. The van der Waals surface area contributed by atoms with E-state index >= 15 is 0 Å². The molecule has 0 aliphatic rings. The van der Waals surface area contributed by atoms with Crippen LogP contribution in [0.5, 0.6) is 0 Å². The van der Waals surface area contributed by atoms with E-state index in [1.54, 1.807) is 13.8 Å². The molecule has 0 saturated heterocycles. The van der Waals surface area contributed by atoms with Crippen molar-refractivity contribution < 1.29 is 23.2 Å². The topological polar surface area (TPSA) is 65.1 Å². The fraction of sp³-hybridized carbons (Fsp3) is 0.435. The Balaban J connectivity index is 2.11. The van der Waals surface area contributed by atoms with Crippen LogP contribution in [0.25, 0.3) is 0 Å². The Morgan fingerprint density at radius 1 is 0.933 bits per heavy atom. The highest BCUT2D eigenvalue weighted by Gasteiger charge is 2.36. The fourth-order valence-electron chi connectivity index (χ4n) is 3.17. The Kier molecular flexibility index (Phi) is 10.2. The van der Waals surface area contributed by atoms with Crippen LogP contribution in [0.2, 0.25) is 0 Å². The predicted octanol–water partition coefficient (Wildman–Crippen LogP) is 5.23. The number of benzene rings is 2. The molecule has 0 bridgehead atoms. The molecule has 1 unspecified atom stereocenters. The summed E-state index contributed by atoms with van der Waals surface area (Å²) in [5.74, 6) is -0.202.